The lowest BCUT2D eigenvalue weighted by Crippen LogP contribution is -2.15. The van der Waals surface area contributed by atoms with Crippen LogP contribution in [0.5, 0.6) is 0 Å². The van der Waals surface area contributed by atoms with E-state index in [9.17, 15) is 0 Å². The van der Waals surface area contributed by atoms with Crippen LogP contribution in [0.2, 0.25) is 0 Å². The average molecular weight is 231 g/mol. The molecule has 3 rings (SSSR count). The van der Waals surface area contributed by atoms with Crippen LogP contribution in [0.25, 0.3) is 11.1 Å². The van der Waals surface area contributed by atoms with Gasteiger partial charge in [-0.15, -0.1) is 0 Å². The van der Waals surface area contributed by atoms with Gasteiger partial charge in [-0.05, 0) is 24.5 Å². The summed E-state index contributed by atoms with van der Waals surface area (Å²) >= 11 is 0. The van der Waals surface area contributed by atoms with Crippen LogP contribution in [0.3, 0.4) is 0 Å². The highest BCUT2D eigenvalue weighted by Gasteiger charge is 2.16. The van der Waals surface area contributed by atoms with Crippen molar-refractivity contribution in [2.75, 3.05) is 17.6 Å². The smallest absolute Gasteiger partial charge is 0.295 e. The molecule has 0 bridgehead atoms. The maximum Gasteiger partial charge on any atom is 0.295 e. The molecule has 1 aliphatic rings. The molecule has 4 nitrogen and oxygen atoms in total. The second-order valence-corrected chi connectivity index (χ2v) is 4.73. The molecule has 0 unspecified atom stereocenters. The number of rotatable bonds is 4. The van der Waals surface area contributed by atoms with Crippen LogP contribution < -0.4 is 11.1 Å². The maximum absolute atomic E-state index is 5.83. The fourth-order valence-corrected chi connectivity index (χ4v) is 2.21. The molecule has 1 saturated carbocycles. The van der Waals surface area contributed by atoms with Gasteiger partial charge in [0.1, 0.15) is 5.52 Å². The number of nitrogens with two attached hydrogens (primary N) is 1. The van der Waals surface area contributed by atoms with E-state index in [0.717, 1.165) is 23.6 Å². The summed E-state index contributed by atoms with van der Waals surface area (Å²) in [6, 6.07) is 6.18. The number of benzene rings is 1. The van der Waals surface area contributed by atoms with Crippen LogP contribution in [0.4, 0.5) is 11.7 Å². The van der Waals surface area contributed by atoms with E-state index in [2.05, 4.69) is 10.3 Å². The van der Waals surface area contributed by atoms with Crippen molar-refractivity contribution in [1.29, 1.82) is 0 Å². The van der Waals surface area contributed by atoms with Gasteiger partial charge in [0, 0.05) is 6.54 Å². The Bertz CT molecular complexity index is 516. The van der Waals surface area contributed by atoms with Crippen molar-refractivity contribution in [3.8, 4) is 0 Å². The molecule has 0 saturated heterocycles. The molecule has 4 heteroatoms. The second kappa shape index (κ2) is 4.28. The number of aromatic nitrogens is 1. The molecule has 0 spiro atoms. The molecule has 1 fully saturated rings. The Hall–Kier alpha value is -1.71. The Morgan fingerprint density at radius 2 is 2.29 bits per heavy atom. The van der Waals surface area contributed by atoms with Crippen LogP contribution in [0.1, 0.15) is 25.7 Å². The molecule has 1 heterocycles. The van der Waals surface area contributed by atoms with Crippen LogP contribution >= 0.6 is 0 Å². The number of oxazole rings is 1. The highest BCUT2D eigenvalue weighted by molar-refractivity contribution is 5.86. The molecule has 1 aromatic heterocycles. The van der Waals surface area contributed by atoms with Gasteiger partial charge in [-0.2, -0.15) is 4.98 Å². The number of nitrogens with one attached hydrogen (secondary N) is 1. The number of fused-ring (bicyclic) bond motifs is 1. The lowest BCUT2D eigenvalue weighted by Gasteiger charge is -2.24. The van der Waals surface area contributed by atoms with E-state index in [1.807, 2.05) is 18.2 Å². The quantitative estimate of drug-likeness (QED) is 0.794. The maximum atomic E-state index is 5.83. The molecule has 90 valence electrons. The zero-order chi connectivity index (χ0) is 11.7. The average Bonchev–Trinajstić information content (AvgIpc) is 2.66. The summed E-state index contributed by atoms with van der Waals surface area (Å²) in [5, 5.41) is 3.23. The number of hydrogen-bond donors (Lipinski definition) is 2. The second-order valence-electron chi connectivity index (χ2n) is 4.73. The lowest BCUT2D eigenvalue weighted by molar-refractivity contribution is 0.302. The molecule has 1 aromatic carbocycles. The minimum Gasteiger partial charge on any atom is -0.423 e. The van der Waals surface area contributed by atoms with E-state index in [1.54, 1.807) is 0 Å². The van der Waals surface area contributed by atoms with E-state index in [1.165, 1.54) is 25.7 Å². The van der Waals surface area contributed by atoms with Gasteiger partial charge in [-0.25, -0.2) is 0 Å². The zero-order valence-electron chi connectivity index (χ0n) is 9.78. The van der Waals surface area contributed by atoms with E-state index in [4.69, 9.17) is 10.2 Å². The van der Waals surface area contributed by atoms with Crippen molar-refractivity contribution >= 4 is 22.8 Å². The van der Waals surface area contributed by atoms with Crippen molar-refractivity contribution in [2.24, 2.45) is 5.92 Å². The molecular weight excluding hydrogens is 214 g/mol. The molecular formula is C13H17N3O. The summed E-state index contributed by atoms with van der Waals surface area (Å²) in [4.78, 5) is 4.35. The standard InChI is InChI=1S/C13H17N3O/c14-10-5-2-6-11-12(10)16-13(17-11)15-8-7-9-3-1-4-9/h2,5-6,9H,1,3-4,7-8,14H2,(H,15,16). The predicted molar refractivity (Wildman–Crippen MR) is 68.9 cm³/mol. The van der Waals surface area contributed by atoms with Gasteiger partial charge in [0.15, 0.2) is 5.58 Å². The van der Waals surface area contributed by atoms with Crippen LogP contribution in [-0.4, -0.2) is 11.5 Å². The third kappa shape index (κ3) is 2.07. The highest BCUT2D eigenvalue weighted by Crippen LogP contribution is 2.29. The first-order valence-corrected chi connectivity index (χ1v) is 6.22. The Morgan fingerprint density at radius 1 is 1.41 bits per heavy atom. The molecule has 0 amide bonds. The van der Waals surface area contributed by atoms with Gasteiger partial charge >= 0.3 is 0 Å². The first kappa shape index (κ1) is 10.4. The van der Waals surface area contributed by atoms with Crippen molar-refractivity contribution in [3.05, 3.63) is 18.2 Å². The SMILES string of the molecule is Nc1cccc2oc(NCCC3CCC3)nc12. The largest absolute Gasteiger partial charge is 0.423 e. The molecule has 0 atom stereocenters. The molecule has 17 heavy (non-hydrogen) atoms. The molecule has 2 aromatic rings. The van der Waals surface area contributed by atoms with Gasteiger partial charge < -0.3 is 15.5 Å². The summed E-state index contributed by atoms with van der Waals surface area (Å²) in [5.74, 6) is 0.900. The number of nitrogen functional groups attached to an aromatic ring is 1. The monoisotopic (exact) mass is 231 g/mol. The predicted octanol–water partition coefficient (Wildman–Crippen LogP) is 3.01. The highest BCUT2D eigenvalue weighted by atomic mass is 16.4. The number of hydrogen-bond acceptors (Lipinski definition) is 4. The van der Waals surface area contributed by atoms with E-state index < -0.39 is 0 Å². The Labute approximate surface area is 100 Å². The normalized spacial score (nSPS) is 16.0. The van der Waals surface area contributed by atoms with Gasteiger partial charge in [0.25, 0.3) is 6.01 Å². The molecule has 1 aliphatic carbocycles. The minimum absolute atomic E-state index is 0.581. The Morgan fingerprint density at radius 3 is 3.00 bits per heavy atom. The fraction of sp³-hybridized carbons (Fsp3) is 0.462. The van der Waals surface area contributed by atoms with Crippen molar-refractivity contribution in [1.82, 2.24) is 4.98 Å². The minimum atomic E-state index is 0.581. The number of para-hydroxylation sites is 1. The summed E-state index contributed by atoms with van der Waals surface area (Å²) in [5.41, 5.74) is 7.99. The van der Waals surface area contributed by atoms with Crippen molar-refractivity contribution < 1.29 is 4.42 Å². The third-order valence-corrected chi connectivity index (χ3v) is 3.50. The van der Waals surface area contributed by atoms with E-state index in [-0.39, 0.29) is 0 Å². The van der Waals surface area contributed by atoms with Gasteiger partial charge in [-0.1, -0.05) is 25.3 Å². The first-order valence-electron chi connectivity index (χ1n) is 6.22. The summed E-state index contributed by atoms with van der Waals surface area (Å²) in [7, 11) is 0. The Kier molecular flexibility index (Phi) is 2.63. The summed E-state index contributed by atoms with van der Waals surface area (Å²) in [6.07, 6.45) is 5.35. The number of nitrogens with zero attached hydrogens (tertiary/aromatic N) is 1. The zero-order valence-corrected chi connectivity index (χ0v) is 9.78. The lowest BCUT2D eigenvalue weighted by atomic mass is 9.83. The first-order chi connectivity index (χ1) is 8.33. The number of anilines is 2. The molecule has 0 aliphatic heterocycles. The van der Waals surface area contributed by atoms with Gasteiger partial charge in [-0.3, -0.25) is 0 Å². The van der Waals surface area contributed by atoms with Crippen molar-refractivity contribution in [3.63, 3.8) is 0 Å². The molecule has 3 N–H and O–H groups in total. The third-order valence-electron chi connectivity index (χ3n) is 3.50. The van der Waals surface area contributed by atoms with Crippen LogP contribution in [0, 0.1) is 5.92 Å². The molecule has 0 radical (unpaired) electrons. The van der Waals surface area contributed by atoms with Gasteiger partial charge in [0.2, 0.25) is 0 Å². The Balaban J connectivity index is 1.66. The van der Waals surface area contributed by atoms with E-state index in [0.29, 0.717) is 11.7 Å². The summed E-state index contributed by atoms with van der Waals surface area (Å²) < 4.78 is 5.58. The summed E-state index contributed by atoms with van der Waals surface area (Å²) in [6.45, 7) is 0.928. The van der Waals surface area contributed by atoms with Crippen molar-refractivity contribution in [2.45, 2.75) is 25.7 Å². The topological polar surface area (TPSA) is 64.1 Å². The van der Waals surface area contributed by atoms with Crippen LogP contribution in [-0.2, 0) is 0 Å². The van der Waals surface area contributed by atoms with E-state index >= 15 is 0 Å². The van der Waals surface area contributed by atoms with Crippen LogP contribution in [0.15, 0.2) is 22.6 Å². The van der Waals surface area contributed by atoms with Gasteiger partial charge in [0.05, 0.1) is 5.69 Å². The fourth-order valence-electron chi connectivity index (χ4n) is 2.21.